The molecular formula is C19H21N7O. The van der Waals surface area contributed by atoms with E-state index >= 15 is 0 Å². The predicted molar refractivity (Wildman–Crippen MR) is 101 cm³/mol. The number of hydrogen-bond acceptors (Lipinski definition) is 6. The predicted octanol–water partition coefficient (Wildman–Crippen LogP) is 1.64. The lowest BCUT2D eigenvalue weighted by molar-refractivity contribution is 0.0746. The second-order valence-corrected chi connectivity index (χ2v) is 6.75. The number of aromatic nitrogens is 5. The van der Waals surface area contributed by atoms with Gasteiger partial charge in [-0.2, -0.15) is 5.10 Å². The second-order valence-electron chi connectivity index (χ2n) is 6.75. The van der Waals surface area contributed by atoms with Crippen molar-refractivity contribution in [2.24, 2.45) is 0 Å². The van der Waals surface area contributed by atoms with Crippen molar-refractivity contribution in [2.45, 2.75) is 13.8 Å². The van der Waals surface area contributed by atoms with E-state index in [-0.39, 0.29) is 5.91 Å². The zero-order chi connectivity index (χ0) is 18.8. The molecule has 0 N–H and O–H groups in total. The van der Waals surface area contributed by atoms with Gasteiger partial charge in [-0.1, -0.05) is 17.2 Å². The van der Waals surface area contributed by atoms with Crippen LogP contribution in [0.3, 0.4) is 0 Å². The molecule has 1 aliphatic rings. The maximum atomic E-state index is 12.8. The summed E-state index contributed by atoms with van der Waals surface area (Å²) >= 11 is 0. The van der Waals surface area contributed by atoms with Gasteiger partial charge in [-0.3, -0.25) is 4.79 Å². The molecule has 0 unspecified atom stereocenters. The minimum Gasteiger partial charge on any atom is -0.352 e. The molecule has 1 saturated heterocycles. The Kier molecular flexibility index (Phi) is 4.53. The Hall–Kier alpha value is -3.29. The molecule has 1 aromatic carbocycles. The molecule has 3 heterocycles. The van der Waals surface area contributed by atoms with Crippen LogP contribution in [-0.2, 0) is 0 Å². The maximum absolute atomic E-state index is 12.8. The monoisotopic (exact) mass is 363 g/mol. The Morgan fingerprint density at radius 1 is 0.926 bits per heavy atom. The van der Waals surface area contributed by atoms with E-state index in [9.17, 15) is 4.79 Å². The summed E-state index contributed by atoms with van der Waals surface area (Å²) in [7, 11) is 0. The molecule has 138 valence electrons. The average Bonchev–Trinajstić information content (AvgIpc) is 3.22. The SMILES string of the molecule is Cc1cc(C)cc(C(=O)N2CCN(c3ccc(-n4cncn4)nn3)CC2)c1. The fraction of sp³-hybridized carbons (Fsp3) is 0.316. The molecule has 1 amide bonds. The molecule has 0 bridgehead atoms. The summed E-state index contributed by atoms with van der Waals surface area (Å²) < 4.78 is 1.57. The van der Waals surface area contributed by atoms with Gasteiger partial charge in [-0.05, 0) is 38.1 Å². The number of piperazine rings is 1. The molecule has 2 aromatic heterocycles. The van der Waals surface area contributed by atoms with Crippen LogP contribution in [0.25, 0.3) is 5.82 Å². The van der Waals surface area contributed by atoms with E-state index in [1.165, 1.54) is 6.33 Å². The molecule has 4 rings (SSSR count). The quantitative estimate of drug-likeness (QED) is 0.704. The highest BCUT2D eigenvalue weighted by Crippen LogP contribution is 2.17. The van der Waals surface area contributed by atoms with Crippen molar-refractivity contribution in [2.75, 3.05) is 31.1 Å². The van der Waals surface area contributed by atoms with Crippen molar-refractivity contribution in [1.82, 2.24) is 29.9 Å². The Morgan fingerprint density at radius 2 is 1.59 bits per heavy atom. The fourth-order valence-corrected chi connectivity index (χ4v) is 3.35. The van der Waals surface area contributed by atoms with Crippen LogP contribution in [0.1, 0.15) is 21.5 Å². The zero-order valence-electron chi connectivity index (χ0n) is 15.4. The van der Waals surface area contributed by atoms with Crippen molar-refractivity contribution >= 4 is 11.7 Å². The molecule has 3 aromatic rings. The zero-order valence-corrected chi connectivity index (χ0v) is 15.4. The maximum Gasteiger partial charge on any atom is 0.253 e. The van der Waals surface area contributed by atoms with Crippen molar-refractivity contribution in [3.63, 3.8) is 0 Å². The Bertz CT molecular complexity index is 909. The molecule has 0 atom stereocenters. The first-order valence-electron chi connectivity index (χ1n) is 8.91. The van der Waals surface area contributed by atoms with E-state index in [0.29, 0.717) is 18.9 Å². The molecule has 0 radical (unpaired) electrons. The van der Waals surface area contributed by atoms with Crippen LogP contribution in [0, 0.1) is 13.8 Å². The Balaban J connectivity index is 1.40. The first-order chi connectivity index (χ1) is 13.1. The smallest absolute Gasteiger partial charge is 0.253 e. The standard InChI is InChI=1S/C19H21N7O/c1-14-9-15(2)11-16(10-14)19(27)25-7-5-24(6-8-25)17-3-4-18(23-22-17)26-13-20-12-21-26/h3-4,9-13H,5-8H2,1-2H3. The van der Waals surface area contributed by atoms with Gasteiger partial charge < -0.3 is 9.80 Å². The number of rotatable bonds is 3. The molecule has 8 heteroatoms. The summed E-state index contributed by atoms with van der Waals surface area (Å²) in [6, 6.07) is 9.78. The number of hydrogen-bond donors (Lipinski definition) is 0. The third kappa shape index (κ3) is 3.64. The minimum absolute atomic E-state index is 0.0917. The Morgan fingerprint density at radius 3 is 2.19 bits per heavy atom. The number of anilines is 1. The van der Waals surface area contributed by atoms with Gasteiger partial charge in [-0.25, -0.2) is 9.67 Å². The summed E-state index contributed by atoms with van der Waals surface area (Å²) in [6.07, 6.45) is 3.04. The van der Waals surface area contributed by atoms with Crippen LogP contribution < -0.4 is 4.90 Å². The van der Waals surface area contributed by atoms with Gasteiger partial charge >= 0.3 is 0 Å². The van der Waals surface area contributed by atoms with Crippen molar-refractivity contribution in [3.05, 3.63) is 59.7 Å². The molecule has 0 aliphatic carbocycles. The Labute approximate surface area is 157 Å². The van der Waals surface area contributed by atoms with E-state index in [2.05, 4.69) is 31.2 Å². The topological polar surface area (TPSA) is 80.0 Å². The fourth-order valence-electron chi connectivity index (χ4n) is 3.35. The van der Waals surface area contributed by atoms with E-state index < -0.39 is 0 Å². The molecule has 1 aliphatic heterocycles. The average molecular weight is 363 g/mol. The highest BCUT2D eigenvalue weighted by molar-refractivity contribution is 5.94. The summed E-state index contributed by atoms with van der Waals surface area (Å²) in [5.41, 5.74) is 2.98. The van der Waals surface area contributed by atoms with Gasteiger partial charge in [0.2, 0.25) is 0 Å². The lowest BCUT2D eigenvalue weighted by atomic mass is 10.1. The van der Waals surface area contributed by atoms with Crippen LogP contribution in [0.4, 0.5) is 5.82 Å². The number of aryl methyl sites for hydroxylation is 2. The number of carbonyl (C=O) groups is 1. The van der Waals surface area contributed by atoms with E-state index in [4.69, 9.17) is 0 Å². The van der Waals surface area contributed by atoms with Crippen LogP contribution in [0.5, 0.6) is 0 Å². The normalized spacial score (nSPS) is 14.4. The highest BCUT2D eigenvalue weighted by Gasteiger charge is 2.23. The summed E-state index contributed by atoms with van der Waals surface area (Å²) in [5, 5.41) is 12.5. The first-order valence-corrected chi connectivity index (χ1v) is 8.91. The third-order valence-corrected chi connectivity index (χ3v) is 4.65. The van der Waals surface area contributed by atoms with Crippen molar-refractivity contribution in [1.29, 1.82) is 0 Å². The summed E-state index contributed by atoms with van der Waals surface area (Å²) in [6.45, 7) is 6.82. The third-order valence-electron chi connectivity index (χ3n) is 4.65. The number of benzene rings is 1. The van der Waals surface area contributed by atoms with Gasteiger partial charge in [0.15, 0.2) is 11.6 Å². The van der Waals surface area contributed by atoms with Gasteiger partial charge in [0.05, 0.1) is 0 Å². The number of amides is 1. The number of nitrogens with zero attached hydrogens (tertiary/aromatic N) is 7. The first kappa shape index (κ1) is 17.1. The van der Waals surface area contributed by atoms with Crippen LogP contribution in [-0.4, -0.2) is 61.9 Å². The van der Waals surface area contributed by atoms with Gasteiger partial charge in [0.25, 0.3) is 5.91 Å². The van der Waals surface area contributed by atoms with E-state index in [1.54, 1.807) is 11.0 Å². The molecule has 8 nitrogen and oxygen atoms in total. The van der Waals surface area contributed by atoms with Crippen molar-refractivity contribution < 1.29 is 4.79 Å². The van der Waals surface area contributed by atoms with E-state index in [1.807, 2.05) is 43.0 Å². The molecular weight excluding hydrogens is 342 g/mol. The minimum atomic E-state index is 0.0917. The molecule has 0 saturated carbocycles. The lowest BCUT2D eigenvalue weighted by Crippen LogP contribution is -2.49. The molecule has 1 fully saturated rings. The molecule has 0 spiro atoms. The van der Waals surface area contributed by atoms with Crippen LogP contribution >= 0.6 is 0 Å². The van der Waals surface area contributed by atoms with Gasteiger partial charge in [0.1, 0.15) is 12.7 Å². The number of carbonyl (C=O) groups excluding carboxylic acids is 1. The summed E-state index contributed by atoms with van der Waals surface area (Å²) in [4.78, 5) is 20.7. The van der Waals surface area contributed by atoms with Crippen molar-refractivity contribution in [3.8, 4) is 5.82 Å². The highest BCUT2D eigenvalue weighted by atomic mass is 16.2. The van der Waals surface area contributed by atoms with E-state index in [0.717, 1.165) is 35.6 Å². The van der Waals surface area contributed by atoms with Crippen LogP contribution in [0.2, 0.25) is 0 Å². The van der Waals surface area contributed by atoms with Gasteiger partial charge in [-0.15, -0.1) is 10.2 Å². The molecule has 27 heavy (non-hydrogen) atoms. The van der Waals surface area contributed by atoms with Crippen LogP contribution in [0.15, 0.2) is 43.0 Å². The largest absolute Gasteiger partial charge is 0.352 e. The summed E-state index contributed by atoms with van der Waals surface area (Å²) in [5.74, 6) is 1.52. The second kappa shape index (κ2) is 7.14. The lowest BCUT2D eigenvalue weighted by Gasteiger charge is -2.35. The van der Waals surface area contributed by atoms with Gasteiger partial charge in [0, 0.05) is 31.7 Å².